The Hall–Kier alpha value is -0.690. The van der Waals surface area contributed by atoms with Gasteiger partial charge in [-0.2, -0.15) is 0 Å². The first kappa shape index (κ1) is 10.5. The zero-order valence-electron chi connectivity index (χ0n) is 9.45. The van der Waals surface area contributed by atoms with Gasteiger partial charge in [-0.25, -0.2) is 0 Å². The van der Waals surface area contributed by atoms with Crippen LogP contribution in [0.2, 0.25) is 5.02 Å². The number of anilines is 1. The number of fused-ring (bicyclic) bond motifs is 2. The standard InChI is InChI=1S/C14H18ClN/c15-13-2-1-3-14(8-13)16-9-12-7-10-4-5-11(12)6-10/h1-3,8,10-12,16H,4-7,9H2. The molecule has 3 atom stereocenters. The van der Waals surface area contributed by atoms with Crippen LogP contribution >= 0.6 is 11.6 Å². The number of hydrogen-bond donors (Lipinski definition) is 1. The second-order valence-electron chi connectivity index (χ2n) is 5.33. The largest absolute Gasteiger partial charge is 0.385 e. The van der Waals surface area contributed by atoms with Gasteiger partial charge < -0.3 is 5.32 Å². The monoisotopic (exact) mass is 235 g/mol. The maximum Gasteiger partial charge on any atom is 0.0426 e. The lowest BCUT2D eigenvalue weighted by atomic mass is 9.89. The van der Waals surface area contributed by atoms with Gasteiger partial charge in [0.05, 0.1) is 0 Å². The minimum absolute atomic E-state index is 0.818. The van der Waals surface area contributed by atoms with Crippen LogP contribution in [0.4, 0.5) is 5.69 Å². The third kappa shape index (κ3) is 2.06. The first-order valence-corrected chi connectivity index (χ1v) is 6.68. The zero-order valence-corrected chi connectivity index (χ0v) is 10.2. The average molecular weight is 236 g/mol. The van der Waals surface area contributed by atoms with Crippen LogP contribution in [0.1, 0.15) is 25.7 Å². The Morgan fingerprint density at radius 3 is 2.88 bits per heavy atom. The minimum atomic E-state index is 0.818. The molecule has 3 rings (SSSR count). The van der Waals surface area contributed by atoms with Crippen LogP contribution in [0.15, 0.2) is 24.3 Å². The first-order chi connectivity index (χ1) is 7.81. The van der Waals surface area contributed by atoms with Gasteiger partial charge in [-0.1, -0.05) is 24.1 Å². The van der Waals surface area contributed by atoms with E-state index in [1.165, 1.54) is 25.7 Å². The quantitative estimate of drug-likeness (QED) is 0.829. The molecule has 0 saturated heterocycles. The Morgan fingerprint density at radius 2 is 2.19 bits per heavy atom. The summed E-state index contributed by atoms with van der Waals surface area (Å²) in [7, 11) is 0. The predicted molar refractivity (Wildman–Crippen MR) is 68.9 cm³/mol. The average Bonchev–Trinajstić information content (AvgIpc) is 2.88. The van der Waals surface area contributed by atoms with E-state index in [0.29, 0.717) is 0 Å². The van der Waals surface area contributed by atoms with Crippen molar-refractivity contribution in [1.82, 2.24) is 0 Å². The summed E-state index contributed by atoms with van der Waals surface area (Å²) < 4.78 is 0. The molecule has 2 fully saturated rings. The van der Waals surface area contributed by atoms with Crippen LogP contribution in [-0.2, 0) is 0 Å². The summed E-state index contributed by atoms with van der Waals surface area (Å²) in [5, 5.41) is 4.35. The van der Waals surface area contributed by atoms with Gasteiger partial charge in [0.25, 0.3) is 0 Å². The van der Waals surface area contributed by atoms with Crippen LogP contribution < -0.4 is 5.32 Å². The molecule has 1 aromatic rings. The predicted octanol–water partition coefficient (Wildman–Crippen LogP) is 4.19. The molecule has 1 aromatic carbocycles. The number of rotatable bonds is 3. The highest BCUT2D eigenvalue weighted by molar-refractivity contribution is 6.30. The first-order valence-electron chi connectivity index (χ1n) is 6.30. The Morgan fingerprint density at radius 1 is 1.25 bits per heavy atom. The topological polar surface area (TPSA) is 12.0 Å². The maximum atomic E-state index is 5.96. The highest BCUT2D eigenvalue weighted by atomic mass is 35.5. The molecule has 2 aliphatic rings. The molecule has 0 aliphatic heterocycles. The van der Waals surface area contributed by atoms with Crippen molar-refractivity contribution in [2.45, 2.75) is 25.7 Å². The maximum absolute atomic E-state index is 5.96. The Balaban J connectivity index is 1.57. The van der Waals surface area contributed by atoms with Gasteiger partial charge in [-0.05, 0) is 55.2 Å². The van der Waals surface area contributed by atoms with Crippen molar-refractivity contribution >= 4 is 17.3 Å². The van der Waals surface area contributed by atoms with Crippen LogP contribution in [0.5, 0.6) is 0 Å². The van der Waals surface area contributed by atoms with Crippen molar-refractivity contribution in [3.63, 3.8) is 0 Å². The van der Waals surface area contributed by atoms with Crippen LogP contribution in [0, 0.1) is 17.8 Å². The lowest BCUT2D eigenvalue weighted by Crippen LogP contribution is -2.20. The Kier molecular flexibility index (Phi) is 2.81. The van der Waals surface area contributed by atoms with Crippen molar-refractivity contribution in [3.05, 3.63) is 29.3 Å². The highest BCUT2D eigenvalue weighted by Crippen LogP contribution is 2.48. The van der Waals surface area contributed by atoms with Gasteiger partial charge in [0.2, 0.25) is 0 Å². The van der Waals surface area contributed by atoms with Crippen LogP contribution in [0.25, 0.3) is 0 Å². The Bertz CT molecular complexity index is 377. The van der Waals surface area contributed by atoms with Gasteiger partial charge in [-0.3, -0.25) is 0 Å². The molecule has 2 aliphatic carbocycles. The number of nitrogens with one attached hydrogen (secondary N) is 1. The SMILES string of the molecule is Clc1cccc(NCC2CC3CCC2C3)c1. The van der Waals surface area contributed by atoms with E-state index in [1.807, 2.05) is 18.2 Å². The van der Waals surface area contributed by atoms with Gasteiger partial charge in [-0.15, -0.1) is 0 Å². The van der Waals surface area contributed by atoms with Gasteiger partial charge in [0.1, 0.15) is 0 Å². The van der Waals surface area contributed by atoms with E-state index in [9.17, 15) is 0 Å². The molecule has 2 heteroatoms. The summed E-state index contributed by atoms with van der Waals surface area (Å²) in [6.07, 6.45) is 5.88. The molecule has 2 bridgehead atoms. The van der Waals surface area contributed by atoms with Crippen LogP contribution in [-0.4, -0.2) is 6.54 Å². The molecule has 16 heavy (non-hydrogen) atoms. The smallest absolute Gasteiger partial charge is 0.0426 e. The molecule has 0 heterocycles. The molecule has 0 aromatic heterocycles. The summed E-state index contributed by atoms with van der Waals surface area (Å²) in [6.45, 7) is 1.13. The van der Waals surface area contributed by atoms with E-state index in [2.05, 4.69) is 11.4 Å². The van der Waals surface area contributed by atoms with Crippen molar-refractivity contribution in [2.75, 3.05) is 11.9 Å². The molecular formula is C14H18ClN. The fourth-order valence-corrected chi connectivity index (χ4v) is 3.66. The molecule has 2 saturated carbocycles. The highest BCUT2D eigenvalue weighted by Gasteiger charge is 2.38. The lowest BCUT2D eigenvalue weighted by Gasteiger charge is -2.22. The second kappa shape index (κ2) is 4.29. The zero-order chi connectivity index (χ0) is 11.0. The molecule has 3 unspecified atom stereocenters. The molecular weight excluding hydrogens is 218 g/mol. The number of halogens is 1. The summed E-state index contributed by atoms with van der Waals surface area (Å²) in [6, 6.07) is 8.03. The van der Waals surface area contributed by atoms with E-state index < -0.39 is 0 Å². The summed E-state index contributed by atoms with van der Waals surface area (Å²) in [5.74, 6) is 2.94. The normalized spacial score (nSPS) is 31.9. The second-order valence-corrected chi connectivity index (χ2v) is 5.76. The van der Waals surface area contributed by atoms with E-state index in [4.69, 9.17) is 11.6 Å². The van der Waals surface area contributed by atoms with E-state index in [-0.39, 0.29) is 0 Å². The van der Waals surface area contributed by atoms with E-state index in [1.54, 1.807) is 0 Å². The van der Waals surface area contributed by atoms with Gasteiger partial charge in [0, 0.05) is 17.3 Å². The van der Waals surface area contributed by atoms with E-state index in [0.717, 1.165) is 35.0 Å². The fourth-order valence-electron chi connectivity index (χ4n) is 3.47. The van der Waals surface area contributed by atoms with Crippen molar-refractivity contribution in [2.24, 2.45) is 17.8 Å². The Labute approximate surface area is 102 Å². The molecule has 1 nitrogen and oxygen atoms in total. The van der Waals surface area contributed by atoms with Gasteiger partial charge in [0.15, 0.2) is 0 Å². The summed E-state index contributed by atoms with van der Waals surface area (Å²) >= 11 is 5.96. The molecule has 86 valence electrons. The van der Waals surface area contributed by atoms with Crippen LogP contribution in [0.3, 0.4) is 0 Å². The molecule has 0 spiro atoms. The summed E-state index contributed by atoms with van der Waals surface area (Å²) in [5.41, 5.74) is 1.16. The fraction of sp³-hybridized carbons (Fsp3) is 0.571. The van der Waals surface area contributed by atoms with Crippen molar-refractivity contribution < 1.29 is 0 Å². The number of benzene rings is 1. The third-order valence-electron chi connectivity index (χ3n) is 4.28. The molecule has 0 radical (unpaired) electrons. The van der Waals surface area contributed by atoms with Crippen molar-refractivity contribution in [3.8, 4) is 0 Å². The minimum Gasteiger partial charge on any atom is -0.385 e. The lowest BCUT2D eigenvalue weighted by molar-refractivity contribution is 0.348. The van der Waals surface area contributed by atoms with Crippen molar-refractivity contribution in [1.29, 1.82) is 0 Å². The molecule has 0 amide bonds. The van der Waals surface area contributed by atoms with E-state index >= 15 is 0 Å². The molecule has 1 N–H and O–H groups in total. The number of hydrogen-bond acceptors (Lipinski definition) is 1. The van der Waals surface area contributed by atoms with Gasteiger partial charge >= 0.3 is 0 Å². The third-order valence-corrected chi connectivity index (χ3v) is 4.51. The summed E-state index contributed by atoms with van der Waals surface area (Å²) in [4.78, 5) is 0.